The van der Waals surface area contributed by atoms with Crippen molar-refractivity contribution in [3.8, 4) is 11.1 Å². The van der Waals surface area contributed by atoms with E-state index in [9.17, 15) is 14.4 Å². The molecule has 0 unspecified atom stereocenters. The van der Waals surface area contributed by atoms with Gasteiger partial charge in [0.15, 0.2) is 5.78 Å². The van der Waals surface area contributed by atoms with Gasteiger partial charge in [-0.25, -0.2) is 15.0 Å². The number of halogens is 1. The molecule has 12 heteroatoms. The number of ketones is 1. The Balaban J connectivity index is 1.28. The Bertz CT molecular complexity index is 1910. The van der Waals surface area contributed by atoms with Gasteiger partial charge in [-0.2, -0.15) is 5.10 Å². The van der Waals surface area contributed by atoms with Crippen molar-refractivity contribution >= 4 is 50.2 Å². The molecular formula is C36H40BrN7O4. The first-order valence-corrected chi connectivity index (χ1v) is 17.6. The fourth-order valence-electron chi connectivity index (χ4n) is 7.46. The van der Waals surface area contributed by atoms with Gasteiger partial charge in [-0.15, -0.1) is 0 Å². The van der Waals surface area contributed by atoms with Gasteiger partial charge in [0.2, 0.25) is 11.8 Å². The number of aryl methyl sites for hydroxylation is 3. The van der Waals surface area contributed by atoms with E-state index in [0.29, 0.717) is 47.0 Å². The summed E-state index contributed by atoms with van der Waals surface area (Å²) in [5, 5.41) is 8.47. The van der Waals surface area contributed by atoms with Crippen LogP contribution < -0.4 is 5.32 Å². The molecule has 2 fully saturated rings. The Morgan fingerprint density at radius 3 is 2.58 bits per heavy atom. The lowest BCUT2D eigenvalue weighted by Gasteiger charge is -2.27. The van der Waals surface area contributed by atoms with Crippen LogP contribution >= 0.6 is 15.9 Å². The van der Waals surface area contributed by atoms with E-state index in [4.69, 9.17) is 9.84 Å². The van der Waals surface area contributed by atoms with Gasteiger partial charge in [-0.1, -0.05) is 25.3 Å². The number of nitrogens with one attached hydrogen (secondary N) is 1. The zero-order valence-corrected chi connectivity index (χ0v) is 29.2. The normalized spacial score (nSPS) is 23.1. The third-order valence-corrected chi connectivity index (χ3v) is 10.5. The molecule has 3 aromatic heterocycles. The second-order valence-corrected chi connectivity index (χ2v) is 14.4. The molecular weight excluding hydrogens is 674 g/mol. The van der Waals surface area contributed by atoms with Crippen molar-refractivity contribution in [2.75, 3.05) is 18.5 Å². The summed E-state index contributed by atoms with van der Waals surface area (Å²) in [5.41, 5.74) is 4.47. The molecule has 2 amide bonds. The molecule has 4 aromatic rings. The lowest BCUT2D eigenvalue weighted by molar-refractivity contribution is -0.138. The van der Waals surface area contributed by atoms with Crippen LogP contribution in [0.5, 0.6) is 0 Å². The van der Waals surface area contributed by atoms with Crippen LogP contribution in [0, 0.1) is 19.3 Å². The zero-order chi connectivity index (χ0) is 33.6. The summed E-state index contributed by atoms with van der Waals surface area (Å²) in [4.78, 5) is 56.3. The molecule has 48 heavy (non-hydrogen) atoms. The highest BCUT2D eigenvalue weighted by atomic mass is 79.9. The third-order valence-electron chi connectivity index (χ3n) is 10.1. The van der Waals surface area contributed by atoms with Crippen LogP contribution in [-0.2, 0) is 27.3 Å². The van der Waals surface area contributed by atoms with Crippen LogP contribution in [0.25, 0.3) is 22.0 Å². The predicted octanol–water partition coefficient (Wildman–Crippen LogP) is 5.99. The van der Waals surface area contributed by atoms with E-state index in [1.54, 1.807) is 22.0 Å². The second kappa shape index (κ2) is 13.1. The van der Waals surface area contributed by atoms with E-state index in [0.717, 1.165) is 72.7 Å². The first-order valence-electron chi connectivity index (χ1n) is 16.8. The highest BCUT2D eigenvalue weighted by molar-refractivity contribution is 9.10. The van der Waals surface area contributed by atoms with Gasteiger partial charge < -0.3 is 15.0 Å². The average Bonchev–Trinajstić information content (AvgIpc) is 3.46. The molecule has 7 rings (SSSR count). The van der Waals surface area contributed by atoms with Crippen molar-refractivity contribution in [3.05, 3.63) is 63.9 Å². The van der Waals surface area contributed by atoms with Crippen LogP contribution in [0.2, 0.25) is 0 Å². The Kier molecular flexibility index (Phi) is 8.88. The van der Waals surface area contributed by atoms with Crippen LogP contribution in [0.1, 0.15) is 79.3 Å². The molecule has 5 heterocycles. The molecule has 0 spiro atoms. The Morgan fingerprint density at radius 2 is 1.79 bits per heavy atom. The van der Waals surface area contributed by atoms with E-state index < -0.39 is 6.04 Å². The van der Waals surface area contributed by atoms with E-state index in [2.05, 4.69) is 42.3 Å². The zero-order valence-electron chi connectivity index (χ0n) is 27.6. The number of anilines is 1. The molecule has 3 atom stereocenters. The van der Waals surface area contributed by atoms with E-state index in [1.807, 2.05) is 32.0 Å². The number of amides is 2. The van der Waals surface area contributed by atoms with Crippen LogP contribution in [0.3, 0.4) is 0 Å². The predicted molar refractivity (Wildman–Crippen MR) is 185 cm³/mol. The molecule has 250 valence electrons. The molecule has 3 aliphatic rings. The van der Waals surface area contributed by atoms with Crippen molar-refractivity contribution in [1.29, 1.82) is 0 Å². The summed E-state index contributed by atoms with van der Waals surface area (Å²) in [5.74, 6) is 0.500. The molecule has 1 N–H and O–H groups in total. The number of nitrogens with zero attached hydrogens (tertiary/aromatic N) is 6. The van der Waals surface area contributed by atoms with E-state index in [-0.39, 0.29) is 35.6 Å². The number of benzene rings is 1. The van der Waals surface area contributed by atoms with Crippen molar-refractivity contribution in [2.45, 2.75) is 90.8 Å². The number of ether oxygens (including phenoxy) is 1. The SMILES string of the molecule is CC(=O)c1nn2c3c(cc(-c4cnc(C)nc4)cc13)CCCCCCCOC[C@@]13C[C@@H](C(=O)Nc4nc(Br)ccc4C)N(C(=O)C2)[C@@H]1C3. The Hall–Kier alpha value is -4.03. The summed E-state index contributed by atoms with van der Waals surface area (Å²) in [7, 11) is 0. The molecule has 2 aliphatic heterocycles. The number of carbonyl (C=O) groups excluding carboxylic acids is 3. The highest BCUT2D eigenvalue weighted by Gasteiger charge is 2.67. The van der Waals surface area contributed by atoms with Gasteiger partial charge in [0.25, 0.3) is 0 Å². The number of aromatic nitrogens is 5. The Morgan fingerprint density at radius 1 is 1.02 bits per heavy atom. The van der Waals surface area contributed by atoms with Crippen molar-refractivity contribution in [1.82, 2.24) is 29.6 Å². The van der Waals surface area contributed by atoms with Crippen LogP contribution in [0.15, 0.2) is 41.3 Å². The standard InChI is InChI=1S/C36H40BrN7O4/c1-21-10-11-30(37)40-34(21)41-35(47)28-15-36-16-29(36)44(28)31(46)19-43-33-24(9-7-5-4-6-8-12-48-20-36)13-25(26-17-38-23(3)39-18-26)14-27(33)32(42-43)22(2)45/h10-11,13-14,17-18,28-29H,4-9,12,15-16,19-20H2,1-3H3,(H,40,41,47)/t28-,29+,36-/m0/s1. The van der Waals surface area contributed by atoms with Crippen LogP contribution in [-0.4, -0.2) is 72.5 Å². The smallest absolute Gasteiger partial charge is 0.248 e. The Labute approximate surface area is 288 Å². The second-order valence-electron chi connectivity index (χ2n) is 13.6. The molecule has 1 saturated carbocycles. The minimum atomic E-state index is -0.680. The maximum Gasteiger partial charge on any atom is 0.248 e. The van der Waals surface area contributed by atoms with Crippen molar-refractivity contribution in [2.24, 2.45) is 5.41 Å². The fourth-order valence-corrected chi connectivity index (χ4v) is 7.77. The maximum absolute atomic E-state index is 14.4. The molecule has 0 radical (unpaired) electrons. The van der Waals surface area contributed by atoms with Gasteiger partial charge >= 0.3 is 0 Å². The highest BCUT2D eigenvalue weighted by Crippen LogP contribution is 2.60. The topological polar surface area (TPSA) is 132 Å². The first kappa shape index (κ1) is 32.5. The number of pyridine rings is 1. The first-order chi connectivity index (χ1) is 23.1. The van der Waals surface area contributed by atoms with Gasteiger partial charge in [-0.05, 0) is 96.8 Å². The number of Topliss-reactive ketones (excluding diaryl/α,β-unsaturated/α-hetero) is 1. The monoisotopic (exact) mass is 713 g/mol. The lowest BCUT2D eigenvalue weighted by Crippen LogP contribution is -2.47. The average molecular weight is 715 g/mol. The number of hydrogen-bond donors (Lipinski definition) is 1. The minimum absolute atomic E-state index is 0.0881. The quantitative estimate of drug-likeness (QED) is 0.202. The molecule has 1 saturated heterocycles. The summed E-state index contributed by atoms with van der Waals surface area (Å²) in [6, 6.07) is 7.01. The molecule has 2 bridgehead atoms. The maximum atomic E-state index is 14.4. The van der Waals surface area contributed by atoms with Gasteiger partial charge in [0, 0.05) is 48.3 Å². The van der Waals surface area contributed by atoms with Gasteiger partial charge in [0.05, 0.1) is 12.1 Å². The van der Waals surface area contributed by atoms with Crippen molar-refractivity contribution < 1.29 is 19.1 Å². The number of hydrogen-bond acceptors (Lipinski definition) is 8. The number of carbonyl (C=O) groups is 3. The van der Waals surface area contributed by atoms with Crippen LogP contribution in [0.4, 0.5) is 5.82 Å². The van der Waals surface area contributed by atoms with E-state index in [1.165, 1.54) is 6.92 Å². The number of piperidine rings is 1. The number of rotatable bonds is 4. The largest absolute Gasteiger partial charge is 0.381 e. The summed E-state index contributed by atoms with van der Waals surface area (Å²) >= 11 is 3.40. The van der Waals surface area contributed by atoms with Gasteiger partial charge in [0.1, 0.15) is 34.5 Å². The molecule has 1 aliphatic carbocycles. The van der Waals surface area contributed by atoms with Gasteiger partial charge in [-0.3, -0.25) is 19.1 Å². The molecule has 1 aromatic carbocycles. The summed E-state index contributed by atoms with van der Waals surface area (Å²) < 4.78 is 8.49. The lowest BCUT2D eigenvalue weighted by atomic mass is 9.96. The molecule has 11 nitrogen and oxygen atoms in total. The van der Waals surface area contributed by atoms with Crippen molar-refractivity contribution in [3.63, 3.8) is 0 Å². The fraction of sp³-hybridized carbons (Fsp3) is 0.472. The minimum Gasteiger partial charge on any atom is -0.381 e. The summed E-state index contributed by atoms with van der Waals surface area (Å²) in [6.45, 7) is 6.34. The summed E-state index contributed by atoms with van der Waals surface area (Å²) in [6.07, 6.45) is 10.8. The van der Waals surface area contributed by atoms with E-state index >= 15 is 0 Å². The third kappa shape index (κ3) is 6.27.